The van der Waals surface area contributed by atoms with Gasteiger partial charge in [0.05, 0.1) is 18.8 Å². The summed E-state index contributed by atoms with van der Waals surface area (Å²) in [6.45, 7) is 5.25. The van der Waals surface area contributed by atoms with Gasteiger partial charge in [-0.2, -0.15) is 0 Å². The van der Waals surface area contributed by atoms with Crippen molar-refractivity contribution in [2.45, 2.75) is 39.4 Å². The van der Waals surface area contributed by atoms with Crippen LogP contribution in [0.5, 0.6) is 0 Å². The molecule has 4 heteroatoms. The molecule has 0 aliphatic carbocycles. The van der Waals surface area contributed by atoms with Crippen LogP contribution in [0, 0.1) is 29.4 Å². The average Bonchev–Trinajstić information content (AvgIpc) is 2.68. The lowest BCUT2D eigenvalue weighted by atomic mass is 10.0. The van der Waals surface area contributed by atoms with Crippen molar-refractivity contribution in [3.8, 4) is 11.8 Å². The number of aryl methyl sites for hydroxylation is 1. The van der Waals surface area contributed by atoms with E-state index in [4.69, 9.17) is 9.47 Å². The predicted octanol–water partition coefficient (Wildman–Crippen LogP) is 5.39. The fraction of sp³-hybridized carbons (Fsp3) is 0.391. The maximum Gasteiger partial charge on any atom is 0.184 e. The van der Waals surface area contributed by atoms with E-state index in [9.17, 15) is 8.78 Å². The SMILES string of the molecule is CCC[C@H]1CO[C@H](c2cc(F)c(C#Cc3ccc(CC)cc3)c(F)c2)OC1. The highest BCUT2D eigenvalue weighted by Crippen LogP contribution is 2.29. The van der Waals surface area contributed by atoms with E-state index in [2.05, 4.69) is 25.7 Å². The third kappa shape index (κ3) is 4.94. The lowest BCUT2D eigenvalue weighted by Gasteiger charge is -2.29. The molecular weight excluding hydrogens is 346 g/mol. The maximum absolute atomic E-state index is 14.4. The number of rotatable bonds is 4. The minimum atomic E-state index is -0.731. The molecule has 0 spiro atoms. The summed E-state index contributed by atoms with van der Waals surface area (Å²) in [6, 6.07) is 10.1. The molecule has 3 rings (SSSR count). The Hall–Kier alpha value is -2.22. The molecule has 1 saturated heterocycles. The minimum absolute atomic E-state index is 0.238. The van der Waals surface area contributed by atoms with Crippen LogP contribution in [0.4, 0.5) is 8.78 Å². The Kier molecular flexibility index (Phi) is 6.60. The second kappa shape index (κ2) is 9.12. The molecule has 27 heavy (non-hydrogen) atoms. The second-order valence-corrected chi connectivity index (χ2v) is 6.81. The minimum Gasteiger partial charge on any atom is -0.348 e. The van der Waals surface area contributed by atoms with E-state index in [1.807, 2.05) is 24.3 Å². The van der Waals surface area contributed by atoms with Gasteiger partial charge in [-0.25, -0.2) is 8.78 Å². The van der Waals surface area contributed by atoms with Crippen LogP contribution in [0.3, 0.4) is 0 Å². The molecule has 2 aromatic rings. The van der Waals surface area contributed by atoms with Crippen molar-refractivity contribution in [2.24, 2.45) is 5.92 Å². The molecule has 0 N–H and O–H groups in total. The summed E-state index contributed by atoms with van der Waals surface area (Å²) >= 11 is 0. The van der Waals surface area contributed by atoms with Crippen molar-refractivity contribution in [2.75, 3.05) is 13.2 Å². The smallest absolute Gasteiger partial charge is 0.184 e. The second-order valence-electron chi connectivity index (χ2n) is 6.81. The van der Waals surface area contributed by atoms with Gasteiger partial charge in [0, 0.05) is 17.0 Å². The Balaban J connectivity index is 1.75. The van der Waals surface area contributed by atoms with Gasteiger partial charge >= 0.3 is 0 Å². The van der Waals surface area contributed by atoms with Crippen LogP contribution in [-0.2, 0) is 15.9 Å². The van der Waals surface area contributed by atoms with Gasteiger partial charge in [-0.15, -0.1) is 0 Å². The van der Waals surface area contributed by atoms with Gasteiger partial charge in [0.15, 0.2) is 6.29 Å². The van der Waals surface area contributed by atoms with Crippen molar-refractivity contribution in [3.05, 3.63) is 70.3 Å². The van der Waals surface area contributed by atoms with Gasteiger partial charge in [-0.3, -0.25) is 0 Å². The first-order valence-electron chi connectivity index (χ1n) is 9.43. The fourth-order valence-electron chi connectivity index (χ4n) is 3.12. The predicted molar refractivity (Wildman–Crippen MR) is 101 cm³/mol. The van der Waals surface area contributed by atoms with Crippen LogP contribution in [0.2, 0.25) is 0 Å². The van der Waals surface area contributed by atoms with E-state index >= 15 is 0 Å². The lowest BCUT2D eigenvalue weighted by molar-refractivity contribution is -0.206. The Morgan fingerprint density at radius 2 is 1.59 bits per heavy atom. The molecule has 1 heterocycles. The van der Waals surface area contributed by atoms with Crippen molar-refractivity contribution in [1.29, 1.82) is 0 Å². The van der Waals surface area contributed by atoms with Crippen LogP contribution in [-0.4, -0.2) is 13.2 Å². The molecule has 0 bridgehead atoms. The molecule has 0 aromatic heterocycles. The summed E-state index contributed by atoms with van der Waals surface area (Å²) in [5.74, 6) is 4.36. The van der Waals surface area contributed by atoms with Crippen LogP contribution >= 0.6 is 0 Å². The summed E-state index contributed by atoms with van der Waals surface area (Å²) in [4.78, 5) is 0. The van der Waals surface area contributed by atoms with E-state index in [0.29, 0.717) is 24.7 Å². The Morgan fingerprint density at radius 3 is 2.15 bits per heavy atom. The topological polar surface area (TPSA) is 18.5 Å². The third-order valence-corrected chi connectivity index (χ3v) is 4.69. The summed E-state index contributed by atoms with van der Waals surface area (Å²) in [7, 11) is 0. The Bertz CT molecular complexity index is 803. The standard InChI is InChI=1S/C23H24F2O2/c1-3-5-18-14-26-23(27-15-18)19-12-21(24)20(22(25)13-19)11-10-17-8-6-16(4-2)7-9-17/h6-9,12-13,18,23H,3-5,14-15H2,1-2H3/t18-,23-. The highest BCUT2D eigenvalue weighted by molar-refractivity contribution is 5.45. The molecule has 1 aliphatic rings. The fourth-order valence-corrected chi connectivity index (χ4v) is 3.12. The Labute approximate surface area is 159 Å². The van der Waals surface area contributed by atoms with Gasteiger partial charge in [-0.1, -0.05) is 44.2 Å². The number of halogens is 2. The highest BCUT2D eigenvalue weighted by Gasteiger charge is 2.24. The van der Waals surface area contributed by atoms with Gasteiger partial charge in [0.25, 0.3) is 0 Å². The summed E-state index contributed by atoms with van der Waals surface area (Å²) in [5, 5.41) is 0. The monoisotopic (exact) mass is 370 g/mol. The van der Waals surface area contributed by atoms with E-state index < -0.39 is 17.9 Å². The van der Waals surface area contributed by atoms with Crippen molar-refractivity contribution in [3.63, 3.8) is 0 Å². The molecule has 2 nitrogen and oxygen atoms in total. The third-order valence-electron chi connectivity index (χ3n) is 4.69. The average molecular weight is 370 g/mol. The zero-order chi connectivity index (χ0) is 19.2. The van der Waals surface area contributed by atoms with Crippen LogP contribution in [0.1, 0.15) is 55.2 Å². The summed E-state index contributed by atoms with van der Waals surface area (Å²) in [6.07, 6.45) is 2.28. The van der Waals surface area contributed by atoms with Crippen LogP contribution in [0.15, 0.2) is 36.4 Å². The molecule has 1 fully saturated rings. The van der Waals surface area contributed by atoms with E-state index in [-0.39, 0.29) is 5.56 Å². The molecule has 0 radical (unpaired) electrons. The normalized spacial score (nSPS) is 19.4. The zero-order valence-corrected chi connectivity index (χ0v) is 15.7. The van der Waals surface area contributed by atoms with Crippen molar-refractivity contribution in [1.82, 2.24) is 0 Å². The number of hydrogen-bond acceptors (Lipinski definition) is 2. The highest BCUT2D eigenvalue weighted by atomic mass is 19.1. The van der Waals surface area contributed by atoms with Gasteiger partial charge < -0.3 is 9.47 Å². The number of ether oxygens (including phenoxy) is 2. The van der Waals surface area contributed by atoms with Crippen LogP contribution < -0.4 is 0 Å². The number of hydrogen-bond donors (Lipinski definition) is 0. The summed E-state index contributed by atoms with van der Waals surface area (Å²) in [5.41, 5.74) is 2.02. The molecule has 0 amide bonds. The van der Waals surface area contributed by atoms with E-state index in [1.165, 1.54) is 17.7 Å². The van der Waals surface area contributed by atoms with Gasteiger partial charge in [-0.05, 0) is 42.7 Å². The van der Waals surface area contributed by atoms with Crippen molar-refractivity contribution >= 4 is 0 Å². The zero-order valence-electron chi connectivity index (χ0n) is 15.7. The number of benzene rings is 2. The Morgan fingerprint density at radius 1 is 0.963 bits per heavy atom. The lowest BCUT2D eigenvalue weighted by Crippen LogP contribution is -2.27. The molecule has 2 aromatic carbocycles. The van der Waals surface area contributed by atoms with E-state index in [0.717, 1.165) is 24.8 Å². The largest absolute Gasteiger partial charge is 0.348 e. The van der Waals surface area contributed by atoms with Gasteiger partial charge in [0.2, 0.25) is 0 Å². The quantitative estimate of drug-likeness (QED) is 0.672. The first-order chi connectivity index (χ1) is 13.1. The van der Waals surface area contributed by atoms with Crippen molar-refractivity contribution < 1.29 is 18.3 Å². The molecule has 1 aliphatic heterocycles. The molecule has 0 saturated carbocycles. The molecule has 142 valence electrons. The first kappa shape index (κ1) is 19.5. The molecule has 0 atom stereocenters. The summed E-state index contributed by atoms with van der Waals surface area (Å²) < 4.78 is 40.1. The van der Waals surface area contributed by atoms with Gasteiger partial charge in [0.1, 0.15) is 11.6 Å². The maximum atomic E-state index is 14.4. The molecular formula is C23H24F2O2. The van der Waals surface area contributed by atoms with E-state index in [1.54, 1.807) is 0 Å². The molecule has 0 unspecified atom stereocenters. The van der Waals surface area contributed by atoms with Crippen LogP contribution in [0.25, 0.3) is 0 Å². The first-order valence-corrected chi connectivity index (χ1v) is 9.43.